The van der Waals surface area contributed by atoms with Crippen LogP contribution in [0, 0.1) is 11.8 Å². The number of likely N-dealkylation sites (tertiary alicyclic amines) is 1. The quantitative estimate of drug-likeness (QED) is 0.817. The number of hydrazine groups is 1. The van der Waals surface area contributed by atoms with E-state index in [-0.39, 0.29) is 17.9 Å². The number of imidazole rings is 1. The molecule has 1 aromatic carbocycles. The third-order valence-corrected chi connectivity index (χ3v) is 6.52. The largest absolute Gasteiger partial charge is 0.342 e. The first-order chi connectivity index (χ1) is 14.0. The van der Waals surface area contributed by atoms with Crippen LogP contribution in [0.1, 0.15) is 32.7 Å². The van der Waals surface area contributed by atoms with Gasteiger partial charge in [-0.15, -0.1) is 0 Å². The Labute approximate surface area is 170 Å². The molecule has 8 nitrogen and oxygen atoms in total. The Hall–Kier alpha value is -2.61. The monoisotopic (exact) mass is 396 g/mol. The number of para-hydroxylation sites is 2. The maximum Gasteiger partial charge on any atom is 0.241 e. The van der Waals surface area contributed by atoms with Crippen molar-refractivity contribution in [2.75, 3.05) is 31.1 Å². The molecule has 154 valence electrons. The fraction of sp³-hybridized carbons (Fsp3) is 0.571. The third-order valence-electron chi connectivity index (χ3n) is 6.52. The average molecular weight is 396 g/mol. The lowest BCUT2D eigenvalue weighted by Crippen LogP contribution is -2.56. The highest BCUT2D eigenvalue weighted by Crippen LogP contribution is 2.36. The molecule has 8 heteroatoms. The van der Waals surface area contributed by atoms with E-state index >= 15 is 0 Å². The van der Waals surface area contributed by atoms with Crippen molar-refractivity contribution >= 4 is 28.8 Å². The molecule has 2 aromatic rings. The first-order valence-corrected chi connectivity index (χ1v) is 10.6. The molecule has 2 amide bonds. The van der Waals surface area contributed by atoms with E-state index in [1.54, 1.807) is 0 Å². The fourth-order valence-electron chi connectivity index (χ4n) is 5.08. The van der Waals surface area contributed by atoms with Crippen LogP contribution >= 0.6 is 0 Å². The van der Waals surface area contributed by atoms with Gasteiger partial charge in [0.2, 0.25) is 17.8 Å². The molecule has 5 rings (SSSR count). The topological polar surface area (TPSA) is 82.5 Å². The minimum absolute atomic E-state index is 0.0453. The number of nitrogens with one attached hydrogen (secondary N) is 2. The molecular weight excluding hydrogens is 368 g/mol. The molecule has 2 N–H and O–H groups in total. The first kappa shape index (κ1) is 18.4. The lowest BCUT2D eigenvalue weighted by atomic mass is 10.0. The van der Waals surface area contributed by atoms with Crippen molar-refractivity contribution < 1.29 is 9.59 Å². The van der Waals surface area contributed by atoms with Gasteiger partial charge >= 0.3 is 0 Å². The van der Waals surface area contributed by atoms with Gasteiger partial charge < -0.3 is 14.4 Å². The number of rotatable bonds is 3. The summed E-state index contributed by atoms with van der Waals surface area (Å²) in [5.41, 5.74) is 7.67. The summed E-state index contributed by atoms with van der Waals surface area (Å²) in [6, 6.07) is 8.35. The molecule has 4 heterocycles. The number of hydrogen-bond acceptors (Lipinski definition) is 5. The number of carbonyl (C=O) groups excluding carboxylic acids is 2. The van der Waals surface area contributed by atoms with Crippen molar-refractivity contribution in [1.82, 2.24) is 25.3 Å². The van der Waals surface area contributed by atoms with Crippen LogP contribution in [-0.2, 0) is 9.59 Å². The zero-order valence-electron chi connectivity index (χ0n) is 17.0. The zero-order chi connectivity index (χ0) is 20.1. The van der Waals surface area contributed by atoms with Gasteiger partial charge in [0.15, 0.2) is 0 Å². The Morgan fingerprint density at radius 2 is 1.86 bits per heavy atom. The summed E-state index contributed by atoms with van der Waals surface area (Å²) >= 11 is 0. The second kappa shape index (κ2) is 7.02. The Balaban J connectivity index is 1.29. The normalized spacial score (nSPS) is 27.0. The van der Waals surface area contributed by atoms with Crippen LogP contribution in [0.2, 0.25) is 0 Å². The summed E-state index contributed by atoms with van der Waals surface area (Å²) in [6.07, 6.45) is 0.977. The Morgan fingerprint density at radius 1 is 1.14 bits per heavy atom. The summed E-state index contributed by atoms with van der Waals surface area (Å²) in [4.78, 5) is 33.5. The van der Waals surface area contributed by atoms with Crippen molar-refractivity contribution in [3.8, 4) is 0 Å². The molecule has 3 saturated heterocycles. The van der Waals surface area contributed by atoms with E-state index in [0.29, 0.717) is 30.7 Å². The Morgan fingerprint density at radius 3 is 2.52 bits per heavy atom. The van der Waals surface area contributed by atoms with E-state index in [0.717, 1.165) is 37.6 Å². The number of anilines is 1. The number of aromatic nitrogens is 2. The molecule has 3 aliphatic rings. The maximum atomic E-state index is 12.8. The second-order valence-corrected chi connectivity index (χ2v) is 8.82. The van der Waals surface area contributed by atoms with Gasteiger partial charge in [-0.25, -0.2) is 10.4 Å². The molecule has 0 bridgehead atoms. The molecule has 1 aromatic heterocycles. The van der Waals surface area contributed by atoms with E-state index in [1.165, 1.54) is 5.52 Å². The van der Waals surface area contributed by atoms with Crippen molar-refractivity contribution in [3.05, 3.63) is 24.3 Å². The fourth-order valence-corrected chi connectivity index (χ4v) is 5.08. The van der Waals surface area contributed by atoms with Gasteiger partial charge in [0.05, 0.1) is 11.0 Å². The van der Waals surface area contributed by atoms with Gasteiger partial charge in [-0.2, -0.15) is 0 Å². The SMILES string of the molecule is CC(C)n1c(N2CC3CN(C(=O)C4CCC(=O)NN4)CC3C2)nc2ccccc21. The lowest BCUT2D eigenvalue weighted by Gasteiger charge is -2.29. The van der Waals surface area contributed by atoms with Crippen molar-refractivity contribution in [2.24, 2.45) is 11.8 Å². The van der Waals surface area contributed by atoms with Crippen molar-refractivity contribution in [2.45, 2.75) is 38.8 Å². The molecule has 0 spiro atoms. The van der Waals surface area contributed by atoms with Gasteiger partial charge in [0, 0.05) is 50.5 Å². The maximum absolute atomic E-state index is 12.8. The smallest absolute Gasteiger partial charge is 0.241 e. The average Bonchev–Trinajstić information content (AvgIpc) is 3.38. The lowest BCUT2D eigenvalue weighted by molar-refractivity contribution is -0.135. The van der Waals surface area contributed by atoms with Crippen LogP contribution < -0.4 is 15.8 Å². The molecule has 0 saturated carbocycles. The summed E-state index contributed by atoms with van der Waals surface area (Å²) in [5, 5.41) is 0. The molecule has 3 aliphatic heterocycles. The molecule has 3 atom stereocenters. The minimum atomic E-state index is -0.298. The highest BCUT2D eigenvalue weighted by molar-refractivity contribution is 5.85. The van der Waals surface area contributed by atoms with Crippen LogP contribution in [0.15, 0.2) is 24.3 Å². The van der Waals surface area contributed by atoms with E-state index in [4.69, 9.17) is 4.98 Å². The van der Waals surface area contributed by atoms with Gasteiger partial charge in [0.25, 0.3) is 0 Å². The number of hydrogen-bond donors (Lipinski definition) is 2. The summed E-state index contributed by atoms with van der Waals surface area (Å²) < 4.78 is 2.33. The molecule has 0 radical (unpaired) electrons. The number of amides is 2. The third kappa shape index (κ3) is 3.15. The molecular formula is C21H28N6O2. The van der Waals surface area contributed by atoms with Gasteiger partial charge in [-0.3, -0.25) is 15.0 Å². The number of carbonyl (C=O) groups is 2. The highest BCUT2D eigenvalue weighted by atomic mass is 16.2. The Kier molecular flexibility index (Phi) is 4.46. The van der Waals surface area contributed by atoms with Gasteiger partial charge in [-0.1, -0.05) is 12.1 Å². The molecule has 29 heavy (non-hydrogen) atoms. The van der Waals surface area contributed by atoms with E-state index in [2.05, 4.69) is 52.4 Å². The van der Waals surface area contributed by atoms with Gasteiger partial charge in [-0.05, 0) is 32.4 Å². The van der Waals surface area contributed by atoms with E-state index in [9.17, 15) is 9.59 Å². The van der Waals surface area contributed by atoms with Crippen LogP contribution in [0.5, 0.6) is 0 Å². The van der Waals surface area contributed by atoms with Crippen molar-refractivity contribution in [3.63, 3.8) is 0 Å². The number of benzene rings is 1. The number of nitrogens with zero attached hydrogens (tertiary/aromatic N) is 4. The van der Waals surface area contributed by atoms with Crippen LogP contribution in [-0.4, -0.2) is 58.5 Å². The second-order valence-electron chi connectivity index (χ2n) is 8.82. The standard InChI is InChI=1S/C21H28N6O2/c1-13(2)27-18-6-4-3-5-16(18)22-21(27)26-11-14-9-25(10-15(14)12-26)20(29)17-7-8-19(28)24-23-17/h3-6,13-15,17,23H,7-12H2,1-2H3,(H,24,28). The van der Waals surface area contributed by atoms with E-state index < -0.39 is 0 Å². The van der Waals surface area contributed by atoms with E-state index in [1.807, 2.05) is 11.0 Å². The predicted molar refractivity (Wildman–Crippen MR) is 110 cm³/mol. The van der Waals surface area contributed by atoms with Gasteiger partial charge in [0.1, 0.15) is 6.04 Å². The van der Waals surface area contributed by atoms with Crippen LogP contribution in [0.4, 0.5) is 5.95 Å². The summed E-state index contributed by atoms with van der Waals surface area (Å²) in [7, 11) is 0. The minimum Gasteiger partial charge on any atom is -0.342 e. The van der Waals surface area contributed by atoms with Crippen molar-refractivity contribution in [1.29, 1.82) is 0 Å². The van der Waals surface area contributed by atoms with Crippen LogP contribution in [0.25, 0.3) is 11.0 Å². The molecule has 3 fully saturated rings. The predicted octanol–water partition coefficient (Wildman–Crippen LogP) is 1.30. The van der Waals surface area contributed by atoms with Crippen LogP contribution in [0.3, 0.4) is 0 Å². The highest BCUT2D eigenvalue weighted by Gasteiger charge is 2.44. The summed E-state index contributed by atoms with van der Waals surface area (Å²) in [5.74, 6) is 2.05. The number of fused-ring (bicyclic) bond motifs is 2. The molecule has 0 aliphatic carbocycles. The molecule has 3 unspecified atom stereocenters. The zero-order valence-corrected chi connectivity index (χ0v) is 17.0. The first-order valence-electron chi connectivity index (χ1n) is 10.6. The Bertz CT molecular complexity index is 930. The summed E-state index contributed by atoms with van der Waals surface area (Å²) in [6.45, 7) is 7.83.